The number of hydrogen-bond donors (Lipinski definition) is 2. The number of hydrogen-bond acceptors (Lipinski definition) is 5. The molecule has 0 aromatic carbocycles. The van der Waals surface area contributed by atoms with Crippen molar-refractivity contribution in [2.24, 2.45) is 5.84 Å². The highest BCUT2D eigenvalue weighted by Gasteiger charge is 2.20. The Hall–Kier alpha value is -1.36. The molecule has 5 nitrogen and oxygen atoms in total. The lowest BCUT2D eigenvalue weighted by Crippen LogP contribution is -2.32. The number of aromatic nitrogens is 2. The van der Waals surface area contributed by atoms with E-state index in [9.17, 15) is 0 Å². The summed E-state index contributed by atoms with van der Waals surface area (Å²) in [6.45, 7) is 2.01. The maximum atomic E-state index is 5.46. The van der Waals surface area contributed by atoms with Crippen LogP contribution in [0.5, 0.6) is 0 Å². The van der Waals surface area contributed by atoms with E-state index in [0.717, 1.165) is 11.4 Å². The van der Waals surface area contributed by atoms with E-state index < -0.39 is 0 Å². The number of anilines is 2. The minimum atomic E-state index is 0.590. The molecule has 1 aliphatic carbocycles. The molecule has 0 radical (unpaired) electrons. The van der Waals surface area contributed by atoms with Crippen molar-refractivity contribution in [2.75, 3.05) is 17.4 Å². The Morgan fingerprint density at radius 2 is 1.89 bits per heavy atom. The fraction of sp³-hybridized carbons (Fsp3) is 0.692. The molecule has 0 spiro atoms. The number of nitrogens with two attached hydrogens (primary N) is 1. The lowest BCUT2D eigenvalue weighted by Gasteiger charge is -2.29. The summed E-state index contributed by atoms with van der Waals surface area (Å²) in [4.78, 5) is 10.8. The number of nitrogen functional groups attached to an aromatic ring is 1. The van der Waals surface area contributed by atoms with E-state index in [0.29, 0.717) is 11.9 Å². The number of hydrazine groups is 1. The van der Waals surface area contributed by atoms with Gasteiger partial charge in [0.2, 0.25) is 0 Å². The van der Waals surface area contributed by atoms with Gasteiger partial charge in [0.15, 0.2) is 0 Å². The van der Waals surface area contributed by atoms with Gasteiger partial charge in [0, 0.05) is 18.7 Å². The smallest absolute Gasteiger partial charge is 0.148 e. The summed E-state index contributed by atoms with van der Waals surface area (Å²) in [6.07, 6.45) is 9.45. The molecule has 0 saturated heterocycles. The molecule has 0 atom stereocenters. The van der Waals surface area contributed by atoms with Gasteiger partial charge in [-0.2, -0.15) is 0 Å². The Bertz CT molecular complexity index is 385. The van der Waals surface area contributed by atoms with E-state index >= 15 is 0 Å². The largest absolute Gasteiger partial charge is 0.356 e. The first-order chi connectivity index (χ1) is 8.74. The van der Waals surface area contributed by atoms with Crippen molar-refractivity contribution in [1.29, 1.82) is 0 Å². The summed E-state index contributed by atoms with van der Waals surface area (Å²) in [5.41, 5.74) is 3.65. The summed E-state index contributed by atoms with van der Waals surface area (Å²) in [7, 11) is 2.13. The Kier molecular flexibility index (Phi) is 4.36. The highest BCUT2D eigenvalue weighted by molar-refractivity contribution is 5.57. The van der Waals surface area contributed by atoms with Gasteiger partial charge in [-0.1, -0.05) is 25.7 Å². The van der Waals surface area contributed by atoms with E-state index in [1.54, 1.807) is 6.33 Å². The van der Waals surface area contributed by atoms with Crippen LogP contribution in [0.4, 0.5) is 11.6 Å². The monoisotopic (exact) mass is 249 g/mol. The molecule has 1 fully saturated rings. The molecule has 0 amide bonds. The summed E-state index contributed by atoms with van der Waals surface area (Å²) < 4.78 is 0. The zero-order valence-electron chi connectivity index (χ0n) is 11.3. The summed E-state index contributed by atoms with van der Waals surface area (Å²) >= 11 is 0. The maximum Gasteiger partial charge on any atom is 0.148 e. The van der Waals surface area contributed by atoms with Crippen LogP contribution < -0.4 is 16.2 Å². The van der Waals surface area contributed by atoms with Gasteiger partial charge in [0.1, 0.15) is 18.0 Å². The molecule has 1 aliphatic rings. The molecule has 0 aliphatic heterocycles. The van der Waals surface area contributed by atoms with Gasteiger partial charge in [-0.3, -0.25) is 0 Å². The normalized spacial score (nSPS) is 17.3. The van der Waals surface area contributed by atoms with Crippen LogP contribution in [0.1, 0.15) is 44.1 Å². The van der Waals surface area contributed by atoms with E-state index in [-0.39, 0.29) is 0 Å². The first-order valence-corrected chi connectivity index (χ1v) is 6.75. The minimum absolute atomic E-state index is 0.590. The highest BCUT2D eigenvalue weighted by atomic mass is 15.3. The van der Waals surface area contributed by atoms with Crippen molar-refractivity contribution in [3.05, 3.63) is 11.9 Å². The molecule has 3 N–H and O–H groups in total. The zero-order valence-corrected chi connectivity index (χ0v) is 11.3. The molecule has 2 rings (SSSR count). The topological polar surface area (TPSA) is 67.1 Å². The third-order valence-electron chi connectivity index (χ3n) is 3.90. The van der Waals surface area contributed by atoms with Crippen LogP contribution in [0.25, 0.3) is 0 Å². The maximum absolute atomic E-state index is 5.46. The molecule has 5 heteroatoms. The van der Waals surface area contributed by atoms with Gasteiger partial charge < -0.3 is 10.3 Å². The van der Waals surface area contributed by atoms with Gasteiger partial charge in [-0.05, 0) is 19.8 Å². The fourth-order valence-electron chi connectivity index (χ4n) is 2.76. The Labute approximate surface area is 109 Å². The Morgan fingerprint density at radius 1 is 1.22 bits per heavy atom. The second-order valence-corrected chi connectivity index (χ2v) is 5.07. The second kappa shape index (κ2) is 6.00. The third kappa shape index (κ3) is 2.72. The van der Waals surface area contributed by atoms with Crippen LogP contribution >= 0.6 is 0 Å². The van der Waals surface area contributed by atoms with Crippen LogP contribution in [0.15, 0.2) is 6.33 Å². The van der Waals surface area contributed by atoms with Gasteiger partial charge in [-0.25, -0.2) is 15.8 Å². The third-order valence-corrected chi connectivity index (χ3v) is 3.90. The molecule has 1 aromatic rings. The van der Waals surface area contributed by atoms with Crippen LogP contribution in [0.3, 0.4) is 0 Å². The molecular formula is C13H23N5. The second-order valence-electron chi connectivity index (χ2n) is 5.07. The van der Waals surface area contributed by atoms with E-state index in [2.05, 4.69) is 27.3 Å². The SMILES string of the molecule is Cc1c(NN)ncnc1N(C)C1CCCCCC1. The van der Waals surface area contributed by atoms with Crippen molar-refractivity contribution in [3.8, 4) is 0 Å². The van der Waals surface area contributed by atoms with E-state index in [4.69, 9.17) is 5.84 Å². The Morgan fingerprint density at radius 3 is 2.50 bits per heavy atom. The van der Waals surface area contributed by atoms with Crippen LogP contribution in [-0.2, 0) is 0 Å². The quantitative estimate of drug-likeness (QED) is 0.488. The van der Waals surface area contributed by atoms with E-state index in [1.807, 2.05) is 6.92 Å². The van der Waals surface area contributed by atoms with Crippen LogP contribution in [0, 0.1) is 6.92 Å². The fourth-order valence-corrected chi connectivity index (χ4v) is 2.76. The predicted octanol–water partition coefficient (Wildman–Crippen LogP) is 2.23. The molecule has 18 heavy (non-hydrogen) atoms. The summed E-state index contributed by atoms with van der Waals surface area (Å²) in [6, 6.07) is 0.590. The Balaban J connectivity index is 2.19. The number of nitrogens with zero attached hydrogens (tertiary/aromatic N) is 3. The summed E-state index contributed by atoms with van der Waals surface area (Å²) in [5, 5.41) is 0. The van der Waals surface area contributed by atoms with E-state index in [1.165, 1.54) is 38.5 Å². The average Bonchev–Trinajstić information content (AvgIpc) is 2.67. The molecule has 100 valence electrons. The first-order valence-electron chi connectivity index (χ1n) is 6.75. The van der Waals surface area contributed by atoms with Crippen molar-refractivity contribution < 1.29 is 0 Å². The lowest BCUT2D eigenvalue weighted by molar-refractivity contribution is 0.548. The van der Waals surface area contributed by atoms with Gasteiger partial charge in [0.05, 0.1) is 0 Å². The molecule has 1 saturated carbocycles. The van der Waals surface area contributed by atoms with Crippen molar-refractivity contribution >= 4 is 11.6 Å². The molecular weight excluding hydrogens is 226 g/mol. The van der Waals surface area contributed by atoms with Crippen molar-refractivity contribution in [1.82, 2.24) is 9.97 Å². The van der Waals surface area contributed by atoms with Gasteiger partial charge in [0.25, 0.3) is 0 Å². The minimum Gasteiger partial charge on any atom is -0.356 e. The van der Waals surface area contributed by atoms with Crippen molar-refractivity contribution in [2.45, 2.75) is 51.5 Å². The lowest BCUT2D eigenvalue weighted by atomic mass is 10.1. The van der Waals surface area contributed by atoms with Gasteiger partial charge in [-0.15, -0.1) is 0 Å². The van der Waals surface area contributed by atoms with Gasteiger partial charge >= 0.3 is 0 Å². The van der Waals surface area contributed by atoms with Crippen molar-refractivity contribution in [3.63, 3.8) is 0 Å². The highest BCUT2D eigenvalue weighted by Crippen LogP contribution is 2.27. The molecule has 1 aromatic heterocycles. The molecule has 0 bridgehead atoms. The van der Waals surface area contributed by atoms with Crippen LogP contribution in [0.2, 0.25) is 0 Å². The zero-order chi connectivity index (χ0) is 13.0. The molecule has 1 heterocycles. The first kappa shape index (κ1) is 13.1. The van der Waals surface area contributed by atoms with Crippen LogP contribution in [-0.4, -0.2) is 23.1 Å². The standard InChI is InChI=1S/C13H23N5/c1-10-12(17-14)15-9-16-13(10)18(2)11-7-5-3-4-6-8-11/h9,11H,3-8,14H2,1-2H3,(H,15,16,17). The number of rotatable bonds is 3. The summed E-state index contributed by atoms with van der Waals surface area (Å²) in [5.74, 6) is 7.16. The molecule has 0 unspecified atom stereocenters. The number of nitrogens with one attached hydrogen (secondary N) is 1. The average molecular weight is 249 g/mol. The predicted molar refractivity (Wildman–Crippen MR) is 74.5 cm³/mol.